The van der Waals surface area contributed by atoms with Gasteiger partial charge in [-0.15, -0.1) is 0 Å². The molecule has 0 bridgehead atoms. The molecular formula is C15H15Br2N. The molecule has 3 heteroatoms. The van der Waals surface area contributed by atoms with Crippen LogP contribution in [0.5, 0.6) is 0 Å². The van der Waals surface area contributed by atoms with Crippen LogP contribution in [0.25, 0.3) is 0 Å². The normalized spacial score (nSPS) is 12.4. The van der Waals surface area contributed by atoms with Gasteiger partial charge in [-0.3, -0.25) is 0 Å². The number of hydrogen-bond acceptors (Lipinski definition) is 1. The van der Waals surface area contributed by atoms with Gasteiger partial charge in [-0.1, -0.05) is 56.1 Å². The minimum Gasteiger partial charge on any atom is -0.313 e. The van der Waals surface area contributed by atoms with Crippen LogP contribution in [0.4, 0.5) is 0 Å². The predicted molar refractivity (Wildman–Crippen MR) is 83.8 cm³/mol. The van der Waals surface area contributed by atoms with Crippen LogP contribution in [-0.4, -0.2) is 7.05 Å². The van der Waals surface area contributed by atoms with Gasteiger partial charge in [0.2, 0.25) is 0 Å². The van der Waals surface area contributed by atoms with E-state index in [4.69, 9.17) is 0 Å². The van der Waals surface area contributed by atoms with Crippen LogP contribution in [0.2, 0.25) is 0 Å². The molecule has 0 aliphatic carbocycles. The molecule has 0 amide bonds. The van der Waals surface area contributed by atoms with Gasteiger partial charge in [0.1, 0.15) is 0 Å². The molecule has 0 radical (unpaired) electrons. The monoisotopic (exact) mass is 367 g/mol. The lowest BCUT2D eigenvalue weighted by atomic mass is 9.99. The van der Waals surface area contributed by atoms with E-state index in [1.807, 2.05) is 7.05 Å². The number of likely N-dealkylation sites (N-methyl/N-ethyl adjacent to an activating group) is 1. The summed E-state index contributed by atoms with van der Waals surface area (Å²) in [5.41, 5.74) is 2.63. The number of hydrogen-bond donors (Lipinski definition) is 1. The van der Waals surface area contributed by atoms with Crippen molar-refractivity contribution in [3.8, 4) is 0 Å². The maximum atomic E-state index is 3.52. The lowest BCUT2D eigenvalue weighted by Crippen LogP contribution is -2.18. The highest BCUT2D eigenvalue weighted by Gasteiger charge is 2.10. The summed E-state index contributed by atoms with van der Waals surface area (Å²) in [7, 11) is 2.00. The van der Waals surface area contributed by atoms with E-state index in [9.17, 15) is 0 Å². The molecule has 0 aromatic heterocycles. The van der Waals surface area contributed by atoms with Crippen molar-refractivity contribution in [2.45, 2.75) is 12.5 Å². The molecule has 2 aromatic rings. The van der Waals surface area contributed by atoms with E-state index in [0.717, 1.165) is 15.4 Å². The Bertz CT molecular complexity index is 508. The zero-order valence-corrected chi connectivity index (χ0v) is 13.3. The Labute approximate surface area is 125 Å². The standard InChI is InChI=1S/C15H15Br2N/c1-18-15(12-3-2-4-14(17)10-12)9-11-5-7-13(16)8-6-11/h2-8,10,15,18H,9H2,1H3. The quantitative estimate of drug-likeness (QED) is 0.823. The van der Waals surface area contributed by atoms with Crippen molar-refractivity contribution >= 4 is 31.9 Å². The number of rotatable bonds is 4. The molecule has 1 nitrogen and oxygen atoms in total. The van der Waals surface area contributed by atoms with Crippen molar-refractivity contribution in [1.82, 2.24) is 5.32 Å². The first-order valence-electron chi connectivity index (χ1n) is 5.86. The molecule has 0 aliphatic rings. The molecule has 94 valence electrons. The van der Waals surface area contributed by atoms with Gasteiger partial charge in [0.15, 0.2) is 0 Å². The summed E-state index contributed by atoms with van der Waals surface area (Å²) in [4.78, 5) is 0. The van der Waals surface area contributed by atoms with Gasteiger partial charge in [-0.05, 0) is 48.9 Å². The summed E-state index contributed by atoms with van der Waals surface area (Å²) in [6, 6.07) is 17.3. The second-order valence-corrected chi connectivity index (χ2v) is 6.06. The van der Waals surface area contributed by atoms with E-state index in [-0.39, 0.29) is 0 Å². The van der Waals surface area contributed by atoms with E-state index >= 15 is 0 Å². The van der Waals surface area contributed by atoms with E-state index in [1.54, 1.807) is 0 Å². The average Bonchev–Trinajstić information content (AvgIpc) is 2.38. The molecule has 18 heavy (non-hydrogen) atoms. The Kier molecular flexibility index (Phi) is 4.98. The van der Waals surface area contributed by atoms with Crippen LogP contribution in [-0.2, 0) is 6.42 Å². The molecule has 1 atom stereocenters. The first-order valence-corrected chi connectivity index (χ1v) is 7.45. The largest absolute Gasteiger partial charge is 0.313 e. The summed E-state index contributed by atoms with van der Waals surface area (Å²) < 4.78 is 2.24. The van der Waals surface area contributed by atoms with Crippen molar-refractivity contribution in [1.29, 1.82) is 0 Å². The third kappa shape index (κ3) is 3.67. The fourth-order valence-electron chi connectivity index (χ4n) is 1.97. The highest BCUT2D eigenvalue weighted by atomic mass is 79.9. The molecule has 0 saturated carbocycles. The van der Waals surface area contributed by atoms with Crippen LogP contribution in [0.3, 0.4) is 0 Å². The molecule has 0 heterocycles. The number of halogens is 2. The van der Waals surface area contributed by atoms with Crippen LogP contribution in [0.1, 0.15) is 17.2 Å². The zero-order valence-electron chi connectivity index (χ0n) is 10.2. The third-order valence-corrected chi connectivity index (χ3v) is 3.97. The van der Waals surface area contributed by atoms with Crippen LogP contribution in [0.15, 0.2) is 57.5 Å². The summed E-state index contributed by atoms with van der Waals surface area (Å²) >= 11 is 6.98. The SMILES string of the molecule is CNC(Cc1ccc(Br)cc1)c1cccc(Br)c1. The Balaban J connectivity index is 2.17. The summed E-state index contributed by atoms with van der Waals surface area (Å²) in [6.45, 7) is 0. The highest BCUT2D eigenvalue weighted by molar-refractivity contribution is 9.10. The van der Waals surface area contributed by atoms with Gasteiger partial charge in [-0.25, -0.2) is 0 Å². The lowest BCUT2D eigenvalue weighted by molar-refractivity contribution is 0.592. The van der Waals surface area contributed by atoms with Crippen molar-refractivity contribution in [3.05, 3.63) is 68.6 Å². The minimum atomic E-state index is 0.337. The molecular weight excluding hydrogens is 354 g/mol. The smallest absolute Gasteiger partial charge is 0.0358 e. The van der Waals surface area contributed by atoms with Crippen LogP contribution < -0.4 is 5.32 Å². The van der Waals surface area contributed by atoms with Gasteiger partial charge >= 0.3 is 0 Å². The number of nitrogens with one attached hydrogen (secondary N) is 1. The predicted octanol–water partition coefficient (Wildman–Crippen LogP) is 4.71. The minimum absolute atomic E-state index is 0.337. The molecule has 0 spiro atoms. The topological polar surface area (TPSA) is 12.0 Å². The van der Waals surface area contributed by atoms with E-state index in [1.165, 1.54) is 11.1 Å². The fourth-order valence-corrected chi connectivity index (χ4v) is 2.65. The third-order valence-electron chi connectivity index (χ3n) is 2.95. The molecule has 2 rings (SSSR count). The Morgan fingerprint density at radius 2 is 1.72 bits per heavy atom. The Morgan fingerprint density at radius 1 is 1.00 bits per heavy atom. The molecule has 0 aliphatic heterocycles. The van der Waals surface area contributed by atoms with E-state index in [2.05, 4.69) is 85.7 Å². The van der Waals surface area contributed by atoms with Gasteiger partial charge < -0.3 is 5.32 Å². The van der Waals surface area contributed by atoms with Gasteiger partial charge in [0.25, 0.3) is 0 Å². The van der Waals surface area contributed by atoms with Crippen LogP contribution >= 0.6 is 31.9 Å². The van der Waals surface area contributed by atoms with E-state index < -0.39 is 0 Å². The number of benzene rings is 2. The Morgan fingerprint density at radius 3 is 2.33 bits per heavy atom. The average molecular weight is 369 g/mol. The van der Waals surface area contributed by atoms with Gasteiger partial charge in [0, 0.05) is 15.0 Å². The molecule has 2 aromatic carbocycles. The summed E-state index contributed by atoms with van der Waals surface area (Å²) in [5.74, 6) is 0. The maximum absolute atomic E-state index is 3.52. The zero-order chi connectivity index (χ0) is 13.0. The molecule has 1 N–H and O–H groups in total. The first-order chi connectivity index (χ1) is 8.69. The molecule has 0 saturated heterocycles. The van der Waals surface area contributed by atoms with Crippen molar-refractivity contribution < 1.29 is 0 Å². The van der Waals surface area contributed by atoms with Crippen LogP contribution in [0, 0.1) is 0 Å². The maximum Gasteiger partial charge on any atom is 0.0358 e. The second-order valence-electron chi connectivity index (χ2n) is 4.23. The van der Waals surface area contributed by atoms with Gasteiger partial charge in [0.05, 0.1) is 0 Å². The first kappa shape index (κ1) is 13.8. The lowest BCUT2D eigenvalue weighted by Gasteiger charge is -2.17. The second kappa shape index (κ2) is 6.50. The Hall–Kier alpha value is -0.640. The molecule has 1 unspecified atom stereocenters. The van der Waals surface area contributed by atoms with Gasteiger partial charge in [-0.2, -0.15) is 0 Å². The van der Waals surface area contributed by atoms with Crippen molar-refractivity contribution in [3.63, 3.8) is 0 Å². The highest BCUT2D eigenvalue weighted by Crippen LogP contribution is 2.22. The fraction of sp³-hybridized carbons (Fsp3) is 0.200. The molecule has 0 fully saturated rings. The summed E-state index contributed by atoms with van der Waals surface area (Å²) in [6.07, 6.45) is 0.986. The van der Waals surface area contributed by atoms with E-state index in [0.29, 0.717) is 6.04 Å². The van der Waals surface area contributed by atoms with Crippen molar-refractivity contribution in [2.75, 3.05) is 7.05 Å². The van der Waals surface area contributed by atoms with Crippen molar-refractivity contribution in [2.24, 2.45) is 0 Å². The summed E-state index contributed by atoms with van der Waals surface area (Å²) in [5, 5.41) is 3.38.